The van der Waals surface area contributed by atoms with Gasteiger partial charge in [-0.15, -0.1) is 11.3 Å². The van der Waals surface area contributed by atoms with Gasteiger partial charge in [0.1, 0.15) is 16.8 Å². The number of nitrogens with two attached hydrogens (primary N) is 1. The second-order valence-electron chi connectivity index (χ2n) is 4.53. The predicted molar refractivity (Wildman–Crippen MR) is 77.6 cm³/mol. The molecule has 2 aromatic rings. The zero-order valence-electron chi connectivity index (χ0n) is 11.0. The molecule has 0 bridgehead atoms. The quantitative estimate of drug-likeness (QED) is 0.908. The maximum absolute atomic E-state index is 13.5. The Balaban J connectivity index is 2.64. The molecule has 0 unspecified atom stereocenters. The summed E-state index contributed by atoms with van der Waals surface area (Å²) in [4.78, 5) is 1.43. The van der Waals surface area contributed by atoms with Gasteiger partial charge >= 0.3 is 0 Å². The normalized spacial score (nSPS) is 10.4. The molecule has 2 N–H and O–H groups in total. The number of halogens is 1. The molecule has 2 nitrogen and oxygen atoms in total. The van der Waals surface area contributed by atoms with Crippen molar-refractivity contribution in [1.82, 2.24) is 0 Å². The summed E-state index contributed by atoms with van der Waals surface area (Å²) >= 11 is 1.34. The lowest BCUT2D eigenvalue weighted by Gasteiger charge is -2.05. The van der Waals surface area contributed by atoms with E-state index in [-0.39, 0.29) is 5.82 Å². The number of nitrogen functional groups attached to an aromatic ring is 1. The van der Waals surface area contributed by atoms with E-state index in [4.69, 9.17) is 11.0 Å². The molecule has 1 aromatic carbocycles. The van der Waals surface area contributed by atoms with Gasteiger partial charge in [-0.25, -0.2) is 4.39 Å². The number of anilines is 1. The van der Waals surface area contributed by atoms with Crippen LogP contribution in [-0.2, 0) is 6.42 Å². The van der Waals surface area contributed by atoms with E-state index < -0.39 is 0 Å². The van der Waals surface area contributed by atoms with Crippen LogP contribution >= 0.6 is 11.3 Å². The Morgan fingerprint density at radius 1 is 1.37 bits per heavy atom. The standard InChI is InChI=1S/C15H15FN2S/c1-3-4-12-14(18)13(8-17)19-15(12)10-5-9(2)6-11(16)7-10/h5-7H,3-4,18H2,1-2H3. The summed E-state index contributed by atoms with van der Waals surface area (Å²) in [6.45, 7) is 3.91. The zero-order chi connectivity index (χ0) is 14.0. The topological polar surface area (TPSA) is 49.8 Å². The van der Waals surface area contributed by atoms with Crippen LogP contribution in [0.5, 0.6) is 0 Å². The number of nitrogens with zero attached hydrogens (tertiary/aromatic N) is 1. The van der Waals surface area contributed by atoms with Gasteiger partial charge < -0.3 is 5.73 Å². The van der Waals surface area contributed by atoms with Gasteiger partial charge in [0.05, 0.1) is 5.69 Å². The van der Waals surface area contributed by atoms with Crippen LogP contribution in [0, 0.1) is 24.1 Å². The molecule has 0 radical (unpaired) electrons. The Hall–Kier alpha value is -1.86. The minimum Gasteiger partial charge on any atom is -0.397 e. The Kier molecular flexibility index (Phi) is 3.87. The maximum atomic E-state index is 13.5. The summed E-state index contributed by atoms with van der Waals surface area (Å²) in [6.07, 6.45) is 1.74. The molecule has 0 atom stereocenters. The summed E-state index contributed by atoms with van der Waals surface area (Å²) in [7, 11) is 0. The Morgan fingerprint density at radius 3 is 2.68 bits per heavy atom. The molecule has 0 amide bonds. The van der Waals surface area contributed by atoms with Crippen LogP contribution in [-0.4, -0.2) is 0 Å². The summed E-state index contributed by atoms with van der Waals surface area (Å²) in [5, 5.41) is 9.09. The molecule has 1 aromatic heterocycles. The van der Waals surface area contributed by atoms with Crippen LogP contribution < -0.4 is 5.73 Å². The van der Waals surface area contributed by atoms with Crippen LogP contribution in [0.15, 0.2) is 18.2 Å². The molecule has 4 heteroatoms. The first kappa shape index (κ1) is 13.6. The van der Waals surface area contributed by atoms with E-state index in [9.17, 15) is 4.39 Å². The molecule has 0 aliphatic rings. The molecule has 0 saturated carbocycles. The van der Waals surface area contributed by atoms with Gasteiger partial charge in [0, 0.05) is 4.88 Å². The lowest BCUT2D eigenvalue weighted by atomic mass is 10.0. The second kappa shape index (κ2) is 5.41. The molecule has 0 aliphatic carbocycles. The van der Waals surface area contributed by atoms with E-state index in [1.807, 2.05) is 13.0 Å². The van der Waals surface area contributed by atoms with E-state index in [0.29, 0.717) is 10.6 Å². The third-order valence-corrected chi connectivity index (χ3v) is 4.16. The summed E-state index contributed by atoms with van der Waals surface area (Å²) < 4.78 is 13.5. The Bertz CT molecular complexity index is 633. The third kappa shape index (κ3) is 2.61. The molecule has 0 spiro atoms. The Labute approximate surface area is 116 Å². The van der Waals surface area contributed by atoms with Crippen molar-refractivity contribution in [3.8, 4) is 16.5 Å². The second-order valence-corrected chi connectivity index (χ2v) is 5.55. The largest absolute Gasteiger partial charge is 0.397 e. The van der Waals surface area contributed by atoms with E-state index in [0.717, 1.165) is 34.4 Å². The van der Waals surface area contributed by atoms with Crippen molar-refractivity contribution in [3.05, 3.63) is 40.0 Å². The fraction of sp³-hybridized carbons (Fsp3) is 0.267. The van der Waals surface area contributed by atoms with Gasteiger partial charge in [-0.2, -0.15) is 5.26 Å². The summed E-state index contributed by atoms with van der Waals surface area (Å²) in [6, 6.07) is 7.03. The van der Waals surface area contributed by atoms with Gasteiger partial charge in [-0.05, 0) is 42.2 Å². The Morgan fingerprint density at radius 2 is 2.11 bits per heavy atom. The number of rotatable bonds is 3. The number of thiophene rings is 1. The highest BCUT2D eigenvalue weighted by molar-refractivity contribution is 7.16. The van der Waals surface area contributed by atoms with E-state index >= 15 is 0 Å². The highest BCUT2D eigenvalue weighted by Gasteiger charge is 2.17. The number of hydrogen-bond acceptors (Lipinski definition) is 3. The van der Waals surface area contributed by atoms with Crippen molar-refractivity contribution in [1.29, 1.82) is 5.26 Å². The first-order chi connectivity index (χ1) is 9.06. The maximum Gasteiger partial charge on any atom is 0.128 e. The van der Waals surface area contributed by atoms with Gasteiger partial charge in [0.2, 0.25) is 0 Å². The van der Waals surface area contributed by atoms with Crippen LogP contribution in [0.3, 0.4) is 0 Å². The fourth-order valence-electron chi connectivity index (χ4n) is 2.16. The van der Waals surface area contributed by atoms with Crippen molar-refractivity contribution < 1.29 is 4.39 Å². The van der Waals surface area contributed by atoms with Gasteiger partial charge in [0.15, 0.2) is 0 Å². The number of hydrogen-bond donors (Lipinski definition) is 1. The molecule has 98 valence electrons. The zero-order valence-corrected chi connectivity index (χ0v) is 11.8. The summed E-state index contributed by atoms with van der Waals surface area (Å²) in [5.41, 5.74) is 9.19. The number of nitriles is 1. The van der Waals surface area contributed by atoms with Gasteiger partial charge in [-0.3, -0.25) is 0 Å². The molecular formula is C15H15FN2S. The minimum absolute atomic E-state index is 0.261. The average Bonchev–Trinajstić information content (AvgIpc) is 2.66. The lowest BCUT2D eigenvalue weighted by Crippen LogP contribution is -1.93. The average molecular weight is 274 g/mol. The van der Waals surface area contributed by atoms with Crippen LogP contribution in [0.2, 0.25) is 0 Å². The fourth-order valence-corrected chi connectivity index (χ4v) is 3.21. The SMILES string of the molecule is CCCc1c(-c2cc(C)cc(F)c2)sc(C#N)c1N. The van der Waals surface area contributed by atoms with Crippen molar-refractivity contribution in [3.63, 3.8) is 0 Å². The molecule has 0 aliphatic heterocycles. The monoisotopic (exact) mass is 274 g/mol. The predicted octanol–water partition coefficient (Wildman–Crippen LogP) is 4.27. The van der Waals surface area contributed by atoms with Crippen LogP contribution in [0.4, 0.5) is 10.1 Å². The molecule has 0 fully saturated rings. The van der Waals surface area contributed by atoms with Crippen molar-refractivity contribution >= 4 is 17.0 Å². The number of aryl methyl sites for hydroxylation is 1. The molecular weight excluding hydrogens is 259 g/mol. The van der Waals surface area contributed by atoms with Crippen molar-refractivity contribution in [2.75, 3.05) is 5.73 Å². The van der Waals surface area contributed by atoms with Gasteiger partial charge in [0.25, 0.3) is 0 Å². The minimum atomic E-state index is -0.261. The molecule has 19 heavy (non-hydrogen) atoms. The first-order valence-corrected chi connectivity index (χ1v) is 6.97. The molecule has 0 saturated heterocycles. The highest BCUT2D eigenvalue weighted by atomic mass is 32.1. The highest BCUT2D eigenvalue weighted by Crippen LogP contribution is 2.39. The lowest BCUT2D eigenvalue weighted by molar-refractivity contribution is 0.627. The van der Waals surface area contributed by atoms with Crippen molar-refractivity contribution in [2.45, 2.75) is 26.7 Å². The van der Waals surface area contributed by atoms with Gasteiger partial charge in [-0.1, -0.05) is 19.4 Å². The number of benzene rings is 1. The van der Waals surface area contributed by atoms with Crippen molar-refractivity contribution in [2.24, 2.45) is 0 Å². The molecule has 2 rings (SSSR count). The molecule has 1 heterocycles. The first-order valence-electron chi connectivity index (χ1n) is 6.15. The van der Waals surface area contributed by atoms with E-state index in [1.54, 1.807) is 0 Å². The van der Waals surface area contributed by atoms with Crippen LogP contribution in [0.25, 0.3) is 10.4 Å². The van der Waals surface area contributed by atoms with E-state index in [1.165, 1.54) is 23.5 Å². The summed E-state index contributed by atoms with van der Waals surface area (Å²) in [5.74, 6) is -0.261. The van der Waals surface area contributed by atoms with Crippen LogP contribution in [0.1, 0.15) is 29.3 Å². The smallest absolute Gasteiger partial charge is 0.128 e. The third-order valence-electron chi connectivity index (χ3n) is 2.95. The van der Waals surface area contributed by atoms with E-state index in [2.05, 4.69) is 13.0 Å².